The van der Waals surface area contributed by atoms with Gasteiger partial charge in [0, 0.05) is 36.2 Å². The van der Waals surface area contributed by atoms with Crippen LogP contribution in [0.2, 0.25) is 0 Å². The first-order valence-electron chi connectivity index (χ1n) is 8.41. The van der Waals surface area contributed by atoms with E-state index in [9.17, 15) is 8.42 Å². The lowest BCUT2D eigenvalue weighted by Crippen LogP contribution is -2.40. The maximum atomic E-state index is 11.8. The summed E-state index contributed by atoms with van der Waals surface area (Å²) in [7, 11) is -3.22. The molecule has 0 bridgehead atoms. The van der Waals surface area contributed by atoms with Crippen molar-refractivity contribution in [1.82, 2.24) is 10.3 Å². The summed E-state index contributed by atoms with van der Waals surface area (Å²) in [5.74, 6) is 0.348. The van der Waals surface area contributed by atoms with Gasteiger partial charge in [-0.25, -0.2) is 8.42 Å². The van der Waals surface area contributed by atoms with Crippen LogP contribution in [0.3, 0.4) is 0 Å². The van der Waals surface area contributed by atoms with Crippen molar-refractivity contribution >= 4 is 16.1 Å². The third kappa shape index (κ3) is 6.68. The van der Waals surface area contributed by atoms with Crippen molar-refractivity contribution in [3.05, 3.63) is 36.3 Å². The van der Waals surface area contributed by atoms with E-state index in [1.165, 1.54) is 6.20 Å². The number of aromatic nitrogens is 1. The van der Waals surface area contributed by atoms with Crippen molar-refractivity contribution in [2.75, 3.05) is 5.75 Å². The standard InChI is InChI=1S/C18H30N4O2S/c1-7-25(23,24)16-9-8-15(20-11-16)10-22-18(5,6)12-21-14(4)17(19)13(2)3/h8-9,11-13,17,22H,4,7,10,19H2,1-3,5-6H3/b21-12-/t17-/m0/s1. The minimum atomic E-state index is -3.22. The molecule has 1 rings (SSSR count). The van der Waals surface area contributed by atoms with Gasteiger partial charge in [-0.3, -0.25) is 9.98 Å². The molecule has 0 aromatic carbocycles. The molecule has 1 aromatic heterocycles. The van der Waals surface area contributed by atoms with E-state index in [4.69, 9.17) is 5.73 Å². The average molecular weight is 367 g/mol. The number of nitrogens with two attached hydrogens (primary N) is 1. The van der Waals surface area contributed by atoms with Gasteiger partial charge >= 0.3 is 0 Å². The van der Waals surface area contributed by atoms with E-state index in [-0.39, 0.29) is 28.1 Å². The lowest BCUT2D eigenvalue weighted by molar-refractivity contribution is 0.504. The summed E-state index contributed by atoms with van der Waals surface area (Å²) in [6.45, 7) is 14.1. The molecule has 0 aliphatic carbocycles. The largest absolute Gasteiger partial charge is 0.322 e. The van der Waals surface area contributed by atoms with Gasteiger partial charge in [-0.05, 0) is 31.9 Å². The Morgan fingerprint density at radius 3 is 2.56 bits per heavy atom. The van der Waals surface area contributed by atoms with Crippen LogP contribution in [-0.4, -0.2) is 36.9 Å². The third-order valence-electron chi connectivity index (χ3n) is 3.92. The van der Waals surface area contributed by atoms with E-state index in [1.807, 2.05) is 27.7 Å². The highest BCUT2D eigenvalue weighted by Crippen LogP contribution is 2.12. The molecule has 1 atom stereocenters. The number of hydrogen-bond donors (Lipinski definition) is 2. The number of rotatable bonds is 9. The Labute approximate surface area is 151 Å². The molecule has 25 heavy (non-hydrogen) atoms. The van der Waals surface area contributed by atoms with Gasteiger partial charge in [0.25, 0.3) is 0 Å². The summed E-state index contributed by atoms with van der Waals surface area (Å²) < 4.78 is 23.6. The van der Waals surface area contributed by atoms with Gasteiger partial charge in [-0.1, -0.05) is 27.4 Å². The molecule has 0 saturated carbocycles. The molecule has 0 fully saturated rings. The number of aliphatic imine (C=N–C) groups is 1. The Kier molecular flexibility index (Phi) is 7.46. The molecular weight excluding hydrogens is 336 g/mol. The molecule has 0 saturated heterocycles. The number of pyridine rings is 1. The monoisotopic (exact) mass is 366 g/mol. The molecule has 0 radical (unpaired) electrons. The van der Waals surface area contributed by atoms with Gasteiger partial charge in [0.05, 0.1) is 16.3 Å². The minimum Gasteiger partial charge on any atom is -0.322 e. The van der Waals surface area contributed by atoms with Gasteiger partial charge < -0.3 is 11.1 Å². The molecule has 7 heteroatoms. The van der Waals surface area contributed by atoms with Crippen LogP contribution in [0.5, 0.6) is 0 Å². The quantitative estimate of drug-likeness (QED) is 0.654. The first-order chi connectivity index (χ1) is 11.5. The minimum absolute atomic E-state index is 0.0676. The van der Waals surface area contributed by atoms with Crippen LogP contribution in [0.25, 0.3) is 0 Å². The van der Waals surface area contributed by atoms with Gasteiger partial charge in [0.2, 0.25) is 0 Å². The number of hydrogen-bond acceptors (Lipinski definition) is 6. The Hall–Kier alpha value is -1.57. The van der Waals surface area contributed by atoms with Crippen molar-refractivity contribution < 1.29 is 8.42 Å². The first-order valence-corrected chi connectivity index (χ1v) is 10.1. The zero-order chi connectivity index (χ0) is 19.3. The molecule has 0 spiro atoms. The van der Waals surface area contributed by atoms with Crippen LogP contribution >= 0.6 is 0 Å². The van der Waals surface area contributed by atoms with Crippen molar-refractivity contribution in [2.24, 2.45) is 16.6 Å². The zero-order valence-corrected chi connectivity index (χ0v) is 16.6. The highest BCUT2D eigenvalue weighted by atomic mass is 32.2. The molecular formula is C18H30N4O2S. The van der Waals surface area contributed by atoms with E-state index in [1.54, 1.807) is 25.3 Å². The molecule has 140 valence electrons. The zero-order valence-electron chi connectivity index (χ0n) is 15.8. The van der Waals surface area contributed by atoms with Crippen LogP contribution in [0, 0.1) is 5.92 Å². The second-order valence-electron chi connectivity index (χ2n) is 6.98. The fraction of sp³-hybridized carbons (Fsp3) is 0.556. The topological polar surface area (TPSA) is 97.4 Å². The lowest BCUT2D eigenvalue weighted by Gasteiger charge is -2.22. The van der Waals surface area contributed by atoms with Gasteiger partial charge in [-0.15, -0.1) is 0 Å². The summed E-state index contributed by atoms with van der Waals surface area (Å²) >= 11 is 0. The predicted octanol–water partition coefficient (Wildman–Crippen LogP) is 2.31. The van der Waals surface area contributed by atoms with E-state index in [2.05, 4.69) is 21.9 Å². The summed E-state index contributed by atoms with van der Waals surface area (Å²) in [4.78, 5) is 8.85. The number of sulfone groups is 1. The van der Waals surface area contributed by atoms with Gasteiger partial charge in [-0.2, -0.15) is 0 Å². The Morgan fingerprint density at radius 2 is 2.08 bits per heavy atom. The van der Waals surface area contributed by atoms with E-state index in [0.717, 1.165) is 5.69 Å². The SMILES string of the molecule is C=C(/N=C\C(C)(C)NCc1ccc(S(=O)(=O)CC)cn1)[C@@H](N)C(C)C. The van der Waals surface area contributed by atoms with Gasteiger partial charge in [0.1, 0.15) is 0 Å². The molecule has 0 amide bonds. The van der Waals surface area contributed by atoms with Crippen LogP contribution in [0.15, 0.2) is 40.5 Å². The molecule has 1 heterocycles. The van der Waals surface area contributed by atoms with Gasteiger partial charge in [0.15, 0.2) is 9.84 Å². The molecule has 6 nitrogen and oxygen atoms in total. The van der Waals surface area contributed by atoms with E-state index >= 15 is 0 Å². The molecule has 1 aromatic rings. The average Bonchev–Trinajstić information content (AvgIpc) is 2.57. The highest BCUT2D eigenvalue weighted by molar-refractivity contribution is 7.91. The fourth-order valence-electron chi connectivity index (χ4n) is 1.95. The van der Waals surface area contributed by atoms with Crippen molar-refractivity contribution in [3.63, 3.8) is 0 Å². The number of nitrogens with zero attached hydrogens (tertiary/aromatic N) is 2. The van der Waals surface area contributed by atoms with Crippen molar-refractivity contribution in [2.45, 2.75) is 57.6 Å². The predicted molar refractivity (Wildman–Crippen MR) is 103 cm³/mol. The van der Waals surface area contributed by atoms with E-state index < -0.39 is 9.84 Å². The maximum absolute atomic E-state index is 11.8. The normalized spacial score (nSPS) is 14.2. The van der Waals surface area contributed by atoms with E-state index in [0.29, 0.717) is 12.2 Å². The second kappa shape index (κ2) is 8.69. The Morgan fingerprint density at radius 1 is 1.44 bits per heavy atom. The van der Waals surface area contributed by atoms with Crippen LogP contribution < -0.4 is 11.1 Å². The fourth-order valence-corrected chi connectivity index (χ4v) is 2.77. The van der Waals surface area contributed by atoms with Crippen LogP contribution in [0.4, 0.5) is 0 Å². The molecule has 0 aliphatic heterocycles. The van der Waals surface area contributed by atoms with Crippen molar-refractivity contribution in [1.29, 1.82) is 0 Å². The number of nitrogens with one attached hydrogen (secondary N) is 1. The summed E-state index contributed by atoms with van der Waals surface area (Å²) in [5.41, 5.74) is 7.05. The molecule has 0 aliphatic rings. The Bertz CT molecular complexity index is 707. The summed E-state index contributed by atoms with van der Waals surface area (Å²) in [5, 5.41) is 3.33. The third-order valence-corrected chi connectivity index (χ3v) is 5.64. The smallest absolute Gasteiger partial charge is 0.179 e. The second-order valence-corrected chi connectivity index (χ2v) is 9.26. The molecule has 3 N–H and O–H groups in total. The Balaban J connectivity index is 2.68. The summed E-state index contributed by atoms with van der Waals surface area (Å²) in [6.07, 6.45) is 3.19. The molecule has 0 unspecified atom stereocenters. The maximum Gasteiger partial charge on any atom is 0.179 e. The first kappa shape index (κ1) is 21.5. The van der Waals surface area contributed by atoms with Crippen LogP contribution in [-0.2, 0) is 16.4 Å². The lowest BCUT2D eigenvalue weighted by atomic mass is 10.0. The summed E-state index contributed by atoms with van der Waals surface area (Å²) in [6, 6.07) is 3.14. The van der Waals surface area contributed by atoms with Crippen molar-refractivity contribution in [3.8, 4) is 0 Å². The van der Waals surface area contributed by atoms with Crippen LogP contribution in [0.1, 0.15) is 40.3 Å². The highest BCUT2D eigenvalue weighted by Gasteiger charge is 2.17.